The number of hydrogen-bond donors (Lipinski definition) is 0. The molecule has 6 heteroatoms. The summed E-state index contributed by atoms with van der Waals surface area (Å²) >= 11 is 1.75. The molecule has 3 heterocycles. The van der Waals surface area contributed by atoms with E-state index in [1.807, 2.05) is 6.92 Å². The van der Waals surface area contributed by atoms with Gasteiger partial charge < -0.3 is 4.52 Å². The Hall–Kier alpha value is -1.30. The van der Waals surface area contributed by atoms with E-state index in [9.17, 15) is 9.59 Å². The number of amides is 2. The third-order valence-corrected chi connectivity index (χ3v) is 4.83. The molecule has 1 aromatic heterocycles. The SMILES string of the molecule is Cc1cc(CN2C(=O)CC3(CCSC3)C2=O)on1. The highest BCUT2D eigenvalue weighted by molar-refractivity contribution is 7.99. The van der Waals surface area contributed by atoms with E-state index in [1.54, 1.807) is 17.8 Å². The quantitative estimate of drug-likeness (QED) is 0.756. The van der Waals surface area contributed by atoms with Crippen LogP contribution in [-0.2, 0) is 16.1 Å². The molecule has 96 valence electrons. The van der Waals surface area contributed by atoms with Gasteiger partial charge in [0.05, 0.1) is 17.7 Å². The average Bonchev–Trinajstić information content (AvgIpc) is 2.99. The number of aromatic nitrogens is 1. The van der Waals surface area contributed by atoms with E-state index < -0.39 is 5.41 Å². The zero-order valence-electron chi connectivity index (χ0n) is 10.1. The van der Waals surface area contributed by atoms with Gasteiger partial charge in [-0.2, -0.15) is 11.8 Å². The minimum atomic E-state index is -0.434. The molecular formula is C12H14N2O3S. The van der Waals surface area contributed by atoms with Gasteiger partial charge in [0.1, 0.15) is 0 Å². The van der Waals surface area contributed by atoms with Crippen LogP contribution in [0.15, 0.2) is 10.6 Å². The van der Waals surface area contributed by atoms with Crippen molar-refractivity contribution in [2.75, 3.05) is 11.5 Å². The van der Waals surface area contributed by atoms with Crippen LogP contribution in [0.5, 0.6) is 0 Å². The molecular weight excluding hydrogens is 252 g/mol. The molecule has 2 amide bonds. The summed E-state index contributed by atoms with van der Waals surface area (Å²) in [6.45, 7) is 2.03. The van der Waals surface area contributed by atoms with Crippen LogP contribution in [0, 0.1) is 12.3 Å². The Morgan fingerprint density at radius 1 is 1.56 bits per heavy atom. The van der Waals surface area contributed by atoms with Crippen molar-refractivity contribution < 1.29 is 14.1 Å². The summed E-state index contributed by atoms with van der Waals surface area (Å²) in [6.07, 6.45) is 1.17. The number of carbonyl (C=O) groups excluding carboxylic acids is 2. The molecule has 2 aliphatic rings. The highest BCUT2D eigenvalue weighted by Gasteiger charge is 2.53. The van der Waals surface area contributed by atoms with E-state index >= 15 is 0 Å². The molecule has 1 spiro atoms. The van der Waals surface area contributed by atoms with Crippen molar-refractivity contribution in [3.8, 4) is 0 Å². The standard InChI is InChI=1S/C12H14N2O3S/c1-8-4-9(17-13-8)6-14-10(15)5-12(11(14)16)2-3-18-7-12/h4H,2-3,5-7H2,1H3. The molecule has 3 rings (SSSR count). The van der Waals surface area contributed by atoms with Gasteiger partial charge in [-0.25, -0.2) is 0 Å². The van der Waals surface area contributed by atoms with Crippen LogP contribution in [0.4, 0.5) is 0 Å². The molecule has 2 fully saturated rings. The molecule has 0 aromatic carbocycles. The molecule has 18 heavy (non-hydrogen) atoms. The first-order valence-corrected chi connectivity index (χ1v) is 7.11. The van der Waals surface area contributed by atoms with Crippen molar-refractivity contribution in [2.45, 2.75) is 26.3 Å². The normalized spacial score (nSPS) is 27.7. The van der Waals surface area contributed by atoms with E-state index in [1.165, 1.54) is 4.90 Å². The molecule has 0 radical (unpaired) electrons. The molecule has 1 atom stereocenters. The van der Waals surface area contributed by atoms with Crippen molar-refractivity contribution in [3.05, 3.63) is 17.5 Å². The number of rotatable bonds is 2. The fourth-order valence-corrected chi connectivity index (χ4v) is 4.02. The third-order valence-electron chi connectivity index (χ3n) is 3.58. The lowest BCUT2D eigenvalue weighted by Gasteiger charge is -2.19. The number of thioether (sulfide) groups is 1. The number of aryl methyl sites for hydroxylation is 1. The lowest BCUT2D eigenvalue weighted by Crippen LogP contribution is -2.35. The fraction of sp³-hybridized carbons (Fsp3) is 0.583. The third kappa shape index (κ3) is 1.75. The van der Waals surface area contributed by atoms with E-state index in [0.717, 1.165) is 23.6 Å². The van der Waals surface area contributed by atoms with Gasteiger partial charge in [-0.05, 0) is 19.1 Å². The van der Waals surface area contributed by atoms with Crippen molar-refractivity contribution in [1.29, 1.82) is 0 Å². The maximum Gasteiger partial charge on any atom is 0.237 e. The number of carbonyl (C=O) groups is 2. The number of imide groups is 1. The zero-order valence-corrected chi connectivity index (χ0v) is 11.0. The van der Waals surface area contributed by atoms with Crippen LogP contribution in [0.2, 0.25) is 0 Å². The summed E-state index contributed by atoms with van der Waals surface area (Å²) in [5, 5.41) is 3.77. The van der Waals surface area contributed by atoms with Gasteiger partial charge in [-0.3, -0.25) is 14.5 Å². The predicted octanol–water partition coefficient (Wildman–Crippen LogP) is 1.37. The summed E-state index contributed by atoms with van der Waals surface area (Å²) in [5.74, 6) is 2.18. The van der Waals surface area contributed by atoms with Crippen LogP contribution in [-0.4, -0.2) is 33.4 Å². The Morgan fingerprint density at radius 3 is 3.00 bits per heavy atom. The second-order valence-electron chi connectivity index (χ2n) is 4.98. The van der Waals surface area contributed by atoms with Crippen molar-refractivity contribution in [3.63, 3.8) is 0 Å². The fourth-order valence-electron chi connectivity index (χ4n) is 2.58. The minimum Gasteiger partial charge on any atom is -0.359 e. The second-order valence-corrected chi connectivity index (χ2v) is 6.08. The molecule has 0 bridgehead atoms. The van der Waals surface area contributed by atoms with Gasteiger partial charge in [0, 0.05) is 18.2 Å². The summed E-state index contributed by atoms with van der Waals surface area (Å²) in [7, 11) is 0. The van der Waals surface area contributed by atoms with Gasteiger partial charge in [-0.15, -0.1) is 0 Å². The first-order chi connectivity index (χ1) is 8.61. The highest BCUT2D eigenvalue weighted by Crippen LogP contribution is 2.45. The van der Waals surface area contributed by atoms with Gasteiger partial charge in [0.25, 0.3) is 0 Å². The predicted molar refractivity (Wildman–Crippen MR) is 65.8 cm³/mol. The zero-order chi connectivity index (χ0) is 12.8. The minimum absolute atomic E-state index is 0.0356. The Balaban J connectivity index is 1.80. The van der Waals surface area contributed by atoms with Gasteiger partial charge in [-0.1, -0.05) is 5.16 Å². The molecule has 0 aliphatic carbocycles. The second kappa shape index (κ2) is 4.12. The van der Waals surface area contributed by atoms with Crippen LogP contribution < -0.4 is 0 Å². The Kier molecular flexibility index (Phi) is 2.69. The van der Waals surface area contributed by atoms with Crippen LogP contribution in [0.25, 0.3) is 0 Å². The van der Waals surface area contributed by atoms with E-state index in [4.69, 9.17) is 4.52 Å². The molecule has 5 nitrogen and oxygen atoms in total. The van der Waals surface area contributed by atoms with Crippen LogP contribution >= 0.6 is 11.8 Å². The number of hydrogen-bond acceptors (Lipinski definition) is 5. The van der Waals surface area contributed by atoms with Gasteiger partial charge in [0.15, 0.2) is 5.76 Å². The molecule has 0 saturated carbocycles. The van der Waals surface area contributed by atoms with Crippen molar-refractivity contribution in [1.82, 2.24) is 10.1 Å². The first kappa shape index (κ1) is 11.8. The topological polar surface area (TPSA) is 63.4 Å². The van der Waals surface area contributed by atoms with E-state index in [-0.39, 0.29) is 18.4 Å². The molecule has 1 aromatic rings. The lowest BCUT2D eigenvalue weighted by atomic mass is 9.86. The lowest BCUT2D eigenvalue weighted by molar-refractivity contribution is -0.142. The first-order valence-electron chi connectivity index (χ1n) is 5.95. The number of nitrogens with zero attached hydrogens (tertiary/aromatic N) is 2. The van der Waals surface area contributed by atoms with Crippen molar-refractivity contribution >= 4 is 23.6 Å². The van der Waals surface area contributed by atoms with Crippen molar-refractivity contribution in [2.24, 2.45) is 5.41 Å². The maximum atomic E-state index is 12.4. The summed E-state index contributed by atoms with van der Waals surface area (Å²) in [6, 6.07) is 1.76. The smallest absolute Gasteiger partial charge is 0.237 e. The summed E-state index contributed by atoms with van der Waals surface area (Å²) in [4.78, 5) is 25.7. The highest BCUT2D eigenvalue weighted by atomic mass is 32.2. The Bertz CT molecular complexity index is 505. The number of likely N-dealkylation sites (tertiary alicyclic amines) is 1. The Labute approximate surface area is 109 Å². The van der Waals surface area contributed by atoms with Gasteiger partial charge >= 0.3 is 0 Å². The largest absolute Gasteiger partial charge is 0.359 e. The maximum absolute atomic E-state index is 12.4. The average molecular weight is 266 g/mol. The molecule has 1 unspecified atom stereocenters. The summed E-state index contributed by atoms with van der Waals surface area (Å²) < 4.78 is 5.07. The van der Waals surface area contributed by atoms with Gasteiger partial charge in [0.2, 0.25) is 11.8 Å². The molecule has 0 N–H and O–H groups in total. The van der Waals surface area contributed by atoms with Crippen LogP contribution in [0.3, 0.4) is 0 Å². The van der Waals surface area contributed by atoms with Crippen LogP contribution in [0.1, 0.15) is 24.3 Å². The molecule has 2 saturated heterocycles. The molecule has 2 aliphatic heterocycles. The van der Waals surface area contributed by atoms with E-state index in [0.29, 0.717) is 12.2 Å². The monoisotopic (exact) mass is 266 g/mol. The summed E-state index contributed by atoms with van der Waals surface area (Å²) in [5.41, 5.74) is 0.326. The van der Waals surface area contributed by atoms with E-state index in [2.05, 4.69) is 5.16 Å². The Morgan fingerprint density at radius 2 is 2.39 bits per heavy atom.